The number of rotatable bonds is 3. The van der Waals surface area contributed by atoms with Gasteiger partial charge in [0.1, 0.15) is 24.8 Å². The van der Waals surface area contributed by atoms with Gasteiger partial charge in [-0.25, -0.2) is 9.37 Å². The highest BCUT2D eigenvalue weighted by Crippen LogP contribution is 2.39. The van der Waals surface area contributed by atoms with Crippen LogP contribution in [-0.4, -0.2) is 64.5 Å². The van der Waals surface area contributed by atoms with Crippen molar-refractivity contribution in [3.05, 3.63) is 41.2 Å². The maximum atomic E-state index is 13.2. The molecule has 0 spiro atoms. The number of ether oxygens (including phenoxy) is 1. The number of urea groups is 1. The molecule has 1 fully saturated rings. The summed E-state index contributed by atoms with van der Waals surface area (Å²) in [6.07, 6.45) is 3.56. The molecule has 0 radical (unpaired) electrons. The Bertz CT molecular complexity index is 956. The van der Waals surface area contributed by atoms with E-state index in [1.807, 2.05) is 24.8 Å². The van der Waals surface area contributed by atoms with E-state index < -0.39 is 0 Å². The van der Waals surface area contributed by atoms with Crippen molar-refractivity contribution in [1.29, 1.82) is 0 Å². The van der Waals surface area contributed by atoms with Crippen LogP contribution in [0.3, 0.4) is 0 Å². The highest BCUT2D eigenvalue weighted by Gasteiger charge is 2.46. The average molecular weight is 415 g/mol. The number of halogens is 1. The standard InChI is InChI=1S/C21H25ClN5O2/c1-14-8-23-19(24-9-14)25(4)11-21(3)12-26(13-21)20(28)27-15(2)10-29-18-7-16(22)5-6-17(18)27/h5-9,15H,4,10-13H2,1-3H3/q+1. The van der Waals surface area contributed by atoms with Crippen LogP contribution < -0.4 is 9.64 Å². The number of carbonyl (C=O) groups is 1. The summed E-state index contributed by atoms with van der Waals surface area (Å²) in [5, 5.41) is 0.594. The molecule has 2 aromatic rings. The molecule has 152 valence electrons. The highest BCUT2D eigenvalue weighted by atomic mass is 35.5. The van der Waals surface area contributed by atoms with E-state index in [9.17, 15) is 4.79 Å². The molecule has 4 rings (SSSR count). The zero-order valence-electron chi connectivity index (χ0n) is 16.9. The minimum absolute atomic E-state index is 0.0101. The Balaban J connectivity index is 1.43. The second kappa shape index (κ2) is 7.30. The molecule has 2 aliphatic rings. The van der Waals surface area contributed by atoms with E-state index in [0.29, 0.717) is 43.0 Å². The number of fused-ring (bicyclic) bond motifs is 1. The van der Waals surface area contributed by atoms with Gasteiger partial charge in [0.05, 0.1) is 18.3 Å². The first-order chi connectivity index (χ1) is 13.8. The molecule has 1 saturated heterocycles. The normalized spacial score (nSPS) is 19.8. The monoisotopic (exact) mass is 414 g/mol. The molecular formula is C21H25ClN5O2+. The van der Waals surface area contributed by atoms with Crippen LogP contribution in [0.1, 0.15) is 19.4 Å². The van der Waals surface area contributed by atoms with Crippen LogP contribution in [0.2, 0.25) is 5.02 Å². The van der Waals surface area contributed by atoms with Crippen molar-refractivity contribution in [3.63, 3.8) is 0 Å². The molecule has 0 bridgehead atoms. The number of aryl methyl sites for hydroxylation is 1. The topological polar surface area (TPSA) is 61.6 Å². The second-order valence-corrected chi connectivity index (χ2v) is 8.79. The van der Waals surface area contributed by atoms with Gasteiger partial charge >= 0.3 is 12.0 Å². The van der Waals surface area contributed by atoms with Crippen LogP contribution in [0, 0.1) is 12.3 Å². The number of hydrogen-bond donors (Lipinski definition) is 0. The van der Waals surface area contributed by atoms with Crippen LogP contribution >= 0.6 is 11.6 Å². The number of likely N-dealkylation sites (tertiary alicyclic amines) is 1. The van der Waals surface area contributed by atoms with E-state index in [1.54, 1.807) is 34.0 Å². The molecule has 1 aromatic carbocycles. The van der Waals surface area contributed by atoms with Crippen LogP contribution in [-0.2, 0) is 0 Å². The van der Waals surface area contributed by atoms with E-state index in [-0.39, 0.29) is 17.5 Å². The fourth-order valence-corrected chi connectivity index (χ4v) is 4.12. The maximum absolute atomic E-state index is 13.2. The quantitative estimate of drug-likeness (QED) is 0.569. The van der Waals surface area contributed by atoms with Crippen molar-refractivity contribution < 1.29 is 14.1 Å². The molecule has 1 aromatic heterocycles. The van der Waals surface area contributed by atoms with Gasteiger partial charge in [0.25, 0.3) is 0 Å². The molecule has 3 heterocycles. The number of anilines is 1. The van der Waals surface area contributed by atoms with Crippen molar-refractivity contribution in [3.8, 4) is 5.75 Å². The molecule has 0 N–H and O–H groups in total. The lowest BCUT2D eigenvalue weighted by Crippen LogP contribution is -2.64. The van der Waals surface area contributed by atoms with Gasteiger partial charge in [-0.3, -0.25) is 4.90 Å². The maximum Gasteiger partial charge on any atom is 0.432 e. The van der Waals surface area contributed by atoms with Gasteiger partial charge in [-0.05, 0) is 26.0 Å². The third-order valence-corrected chi connectivity index (χ3v) is 5.58. The summed E-state index contributed by atoms with van der Waals surface area (Å²) in [7, 11) is 0. The Morgan fingerprint density at radius 1 is 1.38 bits per heavy atom. The predicted octanol–water partition coefficient (Wildman–Crippen LogP) is 3.51. The molecule has 7 nitrogen and oxygen atoms in total. The van der Waals surface area contributed by atoms with Crippen molar-refractivity contribution in [2.45, 2.75) is 26.8 Å². The first kappa shape index (κ1) is 19.6. The number of aromatic nitrogens is 2. The van der Waals surface area contributed by atoms with Crippen LogP contribution in [0.5, 0.6) is 5.75 Å². The number of amides is 2. The number of carbonyl (C=O) groups excluding carboxylic acids is 1. The van der Waals surface area contributed by atoms with Crippen molar-refractivity contribution in [1.82, 2.24) is 14.9 Å². The molecule has 1 atom stereocenters. The zero-order chi connectivity index (χ0) is 20.8. The van der Waals surface area contributed by atoms with Gasteiger partial charge in [-0.15, -0.1) is 0 Å². The lowest BCUT2D eigenvalue weighted by atomic mass is 9.82. The molecule has 0 saturated carbocycles. The minimum Gasteiger partial charge on any atom is -0.489 e. The molecule has 2 amide bonds. The van der Waals surface area contributed by atoms with Gasteiger partial charge in [-0.2, -0.15) is 0 Å². The molecule has 8 heteroatoms. The predicted molar refractivity (Wildman–Crippen MR) is 113 cm³/mol. The molecular weight excluding hydrogens is 390 g/mol. The van der Waals surface area contributed by atoms with Crippen LogP contribution in [0.15, 0.2) is 30.6 Å². The minimum atomic E-state index is -0.0655. The number of hydrogen-bond acceptors (Lipinski definition) is 4. The lowest BCUT2D eigenvalue weighted by Gasteiger charge is -2.50. The summed E-state index contributed by atoms with van der Waals surface area (Å²) in [4.78, 5) is 25.6. The van der Waals surface area contributed by atoms with E-state index in [2.05, 4.69) is 23.6 Å². The SMILES string of the molecule is C=[N+](CC1(C)CN(C(=O)N2c3ccc(Cl)cc3OCC2C)C1)c1ncc(C)cn1. The molecule has 2 aliphatic heterocycles. The van der Waals surface area contributed by atoms with Gasteiger partial charge in [-0.1, -0.05) is 28.5 Å². The lowest BCUT2D eigenvalue weighted by molar-refractivity contribution is -0.463. The van der Waals surface area contributed by atoms with Gasteiger partial charge in [0, 0.05) is 41.9 Å². The summed E-state index contributed by atoms with van der Waals surface area (Å²) in [5.74, 6) is 1.24. The van der Waals surface area contributed by atoms with Gasteiger partial charge in [0.2, 0.25) is 0 Å². The summed E-state index contributed by atoms with van der Waals surface area (Å²) >= 11 is 6.07. The van der Waals surface area contributed by atoms with E-state index in [0.717, 1.165) is 11.3 Å². The van der Waals surface area contributed by atoms with E-state index in [1.165, 1.54) is 0 Å². The Labute approximate surface area is 175 Å². The smallest absolute Gasteiger partial charge is 0.432 e. The zero-order valence-corrected chi connectivity index (χ0v) is 17.7. The Morgan fingerprint density at radius 3 is 2.76 bits per heavy atom. The summed E-state index contributed by atoms with van der Waals surface area (Å²) in [6.45, 7) is 12.6. The van der Waals surface area contributed by atoms with E-state index >= 15 is 0 Å². The third-order valence-electron chi connectivity index (χ3n) is 5.35. The number of benzene rings is 1. The van der Waals surface area contributed by atoms with Crippen molar-refractivity contribution >= 4 is 36.0 Å². The van der Waals surface area contributed by atoms with Crippen molar-refractivity contribution in [2.75, 3.05) is 31.1 Å². The Morgan fingerprint density at radius 2 is 2.07 bits per heavy atom. The summed E-state index contributed by atoms with van der Waals surface area (Å²) < 4.78 is 7.56. The summed E-state index contributed by atoms with van der Waals surface area (Å²) in [6, 6.07) is 5.32. The second-order valence-electron chi connectivity index (χ2n) is 8.35. The fraction of sp³-hybridized carbons (Fsp3) is 0.429. The third kappa shape index (κ3) is 3.79. The van der Waals surface area contributed by atoms with Crippen molar-refractivity contribution in [2.24, 2.45) is 5.41 Å². The van der Waals surface area contributed by atoms with Gasteiger partial charge in [0.15, 0.2) is 0 Å². The highest BCUT2D eigenvalue weighted by molar-refractivity contribution is 6.30. The molecule has 29 heavy (non-hydrogen) atoms. The average Bonchev–Trinajstić information content (AvgIpc) is 2.66. The first-order valence-corrected chi connectivity index (χ1v) is 10.0. The van der Waals surface area contributed by atoms with E-state index in [4.69, 9.17) is 16.3 Å². The summed E-state index contributed by atoms with van der Waals surface area (Å²) in [5.41, 5.74) is 1.71. The fourth-order valence-electron chi connectivity index (χ4n) is 3.96. The van der Waals surface area contributed by atoms with Crippen LogP contribution in [0.25, 0.3) is 0 Å². The molecule has 0 aliphatic carbocycles. The number of nitrogens with zero attached hydrogens (tertiary/aromatic N) is 5. The van der Waals surface area contributed by atoms with Crippen LogP contribution in [0.4, 0.5) is 16.4 Å². The Kier molecular flexibility index (Phi) is 4.94. The van der Waals surface area contributed by atoms with Gasteiger partial charge < -0.3 is 9.64 Å². The Hall–Kier alpha value is -2.67. The first-order valence-electron chi connectivity index (χ1n) is 9.63. The molecule has 1 unspecified atom stereocenters. The largest absolute Gasteiger partial charge is 0.489 e.